The quantitative estimate of drug-likeness (QED) is 0.473. The van der Waals surface area contributed by atoms with Crippen LogP contribution in [0.25, 0.3) is 10.4 Å². The minimum atomic E-state index is -3.48. The Balaban J connectivity index is 2.26. The second-order valence-corrected chi connectivity index (χ2v) is 5.64. The molecule has 0 bridgehead atoms. The number of azide groups is 1. The van der Waals surface area contributed by atoms with Gasteiger partial charge in [-0.3, -0.25) is 0 Å². The Kier molecular flexibility index (Phi) is 3.83. The largest absolute Gasteiger partial charge is 0.379 e. The minimum Gasteiger partial charge on any atom is -0.379 e. The lowest BCUT2D eigenvalue weighted by Gasteiger charge is -2.26. The molecule has 7 nitrogen and oxygen atoms in total. The molecule has 0 radical (unpaired) electrons. The lowest BCUT2D eigenvalue weighted by atomic mass is 10.3. The van der Waals surface area contributed by atoms with Crippen LogP contribution in [-0.4, -0.2) is 39.0 Å². The molecule has 1 fully saturated rings. The summed E-state index contributed by atoms with van der Waals surface area (Å²) in [4.78, 5) is 2.83. The van der Waals surface area contributed by atoms with Gasteiger partial charge < -0.3 is 4.74 Å². The number of hydrogen-bond donors (Lipinski definition) is 0. The van der Waals surface area contributed by atoms with Crippen molar-refractivity contribution in [2.75, 3.05) is 26.3 Å². The highest BCUT2D eigenvalue weighted by molar-refractivity contribution is 7.89. The number of hydrogen-bond acceptors (Lipinski definition) is 4. The third kappa shape index (κ3) is 2.62. The number of nitrogens with zero attached hydrogens (tertiary/aromatic N) is 4. The number of rotatable bonds is 3. The van der Waals surface area contributed by atoms with Gasteiger partial charge in [0.15, 0.2) is 0 Å². The van der Waals surface area contributed by atoms with Crippen molar-refractivity contribution in [2.24, 2.45) is 5.11 Å². The number of morpholine rings is 1. The number of benzene rings is 1. The molecule has 2 rings (SSSR count). The first-order chi connectivity index (χ1) is 8.64. The Bertz CT molecular complexity index is 557. The first-order valence-corrected chi connectivity index (χ1v) is 6.81. The van der Waals surface area contributed by atoms with Crippen LogP contribution in [0.15, 0.2) is 34.3 Å². The summed E-state index contributed by atoms with van der Waals surface area (Å²) in [5, 5.41) is 3.39. The highest BCUT2D eigenvalue weighted by atomic mass is 32.2. The highest BCUT2D eigenvalue weighted by Gasteiger charge is 2.25. The van der Waals surface area contributed by atoms with Crippen molar-refractivity contribution in [3.63, 3.8) is 0 Å². The highest BCUT2D eigenvalue weighted by Crippen LogP contribution is 2.20. The van der Waals surface area contributed by atoms with Crippen molar-refractivity contribution >= 4 is 15.7 Å². The zero-order valence-corrected chi connectivity index (χ0v) is 10.4. The first-order valence-electron chi connectivity index (χ1n) is 5.37. The summed E-state index contributed by atoms with van der Waals surface area (Å²) >= 11 is 0. The van der Waals surface area contributed by atoms with E-state index in [1.807, 2.05) is 0 Å². The second-order valence-electron chi connectivity index (χ2n) is 3.70. The molecule has 0 saturated carbocycles. The molecule has 1 aromatic rings. The maximum absolute atomic E-state index is 12.2. The fraction of sp³-hybridized carbons (Fsp3) is 0.400. The summed E-state index contributed by atoms with van der Waals surface area (Å²) in [6.07, 6.45) is 0. The third-order valence-electron chi connectivity index (χ3n) is 2.60. The molecule has 0 atom stereocenters. The molecule has 8 heteroatoms. The van der Waals surface area contributed by atoms with E-state index in [9.17, 15) is 8.42 Å². The first kappa shape index (κ1) is 12.8. The molecular weight excluding hydrogens is 256 g/mol. The topological polar surface area (TPSA) is 95.4 Å². The molecule has 96 valence electrons. The Hall–Kier alpha value is -1.60. The summed E-state index contributed by atoms with van der Waals surface area (Å²) in [6, 6.07) is 5.84. The maximum Gasteiger partial charge on any atom is 0.243 e. The fourth-order valence-corrected chi connectivity index (χ4v) is 3.08. The fourth-order valence-electron chi connectivity index (χ4n) is 1.67. The van der Waals surface area contributed by atoms with E-state index in [1.165, 1.54) is 28.6 Å². The monoisotopic (exact) mass is 268 g/mol. The molecule has 0 spiro atoms. The smallest absolute Gasteiger partial charge is 0.243 e. The van der Waals surface area contributed by atoms with Gasteiger partial charge in [-0.05, 0) is 17.7 Å². The second kappa shape index (κ2) is 5.36. The Morgan fingerprint density at radius 2 is 1.83 bits per heavy atom. The van der Waals surface area contributed by atoms with Crippen LogP contribution in [0.1, 0.15) is 0 Å². The Labute approximate surface area is 105 Å². The van der Waals surface area contributed by atoms with E-state index in [2.05, 4.69) is 10.0 Å². The molecule has 18 heavy (non-hydrogen) atoms. The summed E-state index contributed by atoms with van der Waals surface area (Å²) in [5.41, 5.74) is 8.66. The summed E-state index contributed by atoms with van der Waals surface area (Å²) in [7, 11) is -3.48. The van der Waals surface area contributed by atoms with Gasteiger partial charge in [-0.25, -0.2) is 8.42 Å². The van der Waals surface area contributed by atoms with Crippen molar-refractivity contribution in [3.8, 4) is 0 Å². The molecule has 1 heterocycles. The third-order valence-corrected chi connectivity index (χ3v) is 4.52. The molecule has 0 aliphatic carbocycles. The molecule has 0 unspecified atom stereocenters. The summed E-state index contributed by atoms with van der Waals surface area (Å²) in [5.74, 6) is 0. The van der Waals surface area contributed by atoms with E-state index in [1.54, 1.807) is 0 Å². The van der Waals surface area contributed by atoms with Crippen LogP contribution in [0.5, 0.6) is 0 Å². The molecule has 1 aliphatic rings. The molecule has 0 amide bonds. The van der Waals surface area contributed by atoms with Gasteiger partial charge in [0.05, 0.1) is 18.1 Å². The standard InChI is InChI=1S/C10H12N4O3S/c11-13-12-9-1-3-10(4-2-9)18(15,16)14-5-7-17-8-6-14/h1-4H,5-8H2. The van der Waals surface area contributed by atoms with Crippen molar-refractivity contribution in [1.82, 2.24) is 4.31 Å². The van der Waals surface area contributed by atoms with E-state index in [-0.39, 0.29) is 4.90 Å². The predicted octanol–water partition coefficient (Wildman–Crippen LogP) is 1.65. The molecule has 1 aromatic carbocycles. The Morgan fingerprint density at radius 3 is 2.39 bits per heavy atom. The van der Waals surface area contributed by atoms with Crippen LogP contribution in [0.3, 0.4) is 0 Å². The average molecular weight is 268 g/mol. The lowest BCUT2D eigenvalue weighted by molar-refractivity contribution is 0.0730. The van der Waals surface area contributed by atoms with E-state index in [4.69, 9.17) is 10.3 Å². The van der Waals surface area contributed by atoms with Gasteiger partial charge in [0.2, 0.25) is 10.0 Å². The van der Waals surface area contributed by atoms with Crippen LogP contribution in [0, 0.1) is 0 Å². The van der Waals surface area contributed by atoms with E-state index in [0.29, 0.717) is 32.0 Å². The van der Waals surface area contributed by atoms with Gasteiger partial charge in [0.1, 0.15) is 0 Å². The average Bonchev–Trinajstić information content (AvgIpc) is 2.41. The van der Waals surface area contributed by atoms with E-state index in [0.717, 1.165) is 0 Å². The normalized spacial score (nSPS) is 17.1. The number of ether oxygens (including phenoxy) is 1. The van der Waals surface area contributed by atoms with Gasteiger partial charge in [0, 0.05) is 23.7 Å². The van der Waals surface area contributed by atoms with Crippen molar-refractivity contribution in [3.05, 3.63) is 34.7 Å². The predicted molar refractivity (Wildman–Crippen MR) is 64.8 cm³/mol. The molecular formula is C10H12N4O3S. The lowest BCUT2D eigenvalue weighted by Crippen LogP contribution is -2.40. The molecule has 0 N–H and O–H groups in total. The summed E-state index contributed by atoms with van der Waals surface area (Å²) in [6.45, 7) is 1.55. The zero-order valence-electron chi connectivity index (χ0n) is 9.56. The van der Waals surface area contributed by atoms with Crippen molar-refractivity contribution < 1.29 is 13.2 Å². The van der Waals surface area contributed by atoms with Crippen LogP contribution in [0.4, 0.5) is 5.69 Å². The van der Waals surface area contributed by atoms with Crippen molar-refractivity contribution in [2.45, 2.75) is 4.90 Å². The minimum absolute atomic E-state index is 0.196. The van der Waals surface area contributed by atoms with Crippen LogP contribution in [-0.2, 0) is 14.8 Å². The van der Waals surface area contributed by atoms with Crippen LogP contribution in [0.2, 0.25) is 0 Å². The molecule has 1 aliphatic heterocycles. The Morgan fingerprint density at radius 1 is 1.22 bits per heavy atom. The van der Waals surface area contributed by atoms with Gasteiger partial charge in [-0.15, -0.1) is 0 Å². The van der Waals surface area contributed by atoms with E-state index >= 15 is 0 Å². The van der Waals surface area contributed by atoms with E-state index < -0.39 is 10.0 Å². The van der Waals surface area contributed by atoms with Crippen LogP contribution < -0.4 is 0 Å². The van der Waals surface area contributed by atoms with Gasteiger partial charge in [-0.2, -0.15) is 4.31 Å². The SMILES string of the molecule is [N-]=[N+]=Nc1ccc(S(=O)(=O)N2CCOCC2)cc1. The number of sulfonamides is 1. The molecule has 1 saturated heterocycles. The van der Waals surface area contributed by atoms with Gasteiger partial charge in [-0.1, -0.05) is 17.2 Å². The maximum atomic E-state index is 12.2. The summed E-state index contributed by atoms with van der Waals surface area (Å²) < 4.78 is 31.0. The van der Waals surface area contributed by atoms with Crippen LogP contribution >= 0.6 is 0 Å². The zero-order chi connectivity index (χ0) is 13.0. The van der Waals surface area contributed by atoms with Crippen molar-refractivity contribution in [1.29, 1.82) is 0 Å². The molecule has 0 aromatic heterocycles. The van der Waals surface area contributed by atoms with Gasteiger partial charge in [0.25, 0.3) is 0 Å². The van der Waals surface area contributed by atoms with Gasteiger partial charge >= 0.3 is 0 Å².